The quantitative estimate of drug-likeness (QED) is 0.494. The molecule has 0 saturated heterocycles. The largest absolute Gasteiger partial charge is 0.435 e. The first-order chi connectivity index (χ1) is 13.7. The third kappa shape index (κ3) is 4.40. The summed E-state index contributed by atoms with van der Waals surface area (Å²) in [6.45, 7) is -2.83. The molecule has 0 unspecified atom stereocenters. The highest BCUT2D eigenvalue weighted by molar-refractivity contribution is 5.78. The Morgan fingerprint density at radius 2 is 1.82 bits per heavy atom. The molecule has 0 radical (unpaired) electrons. The van der Waals surface area contributed by atoms with Crippen LogP contribution < -0.4 is 10.1 Å². The summed E-state index contributed by atoms with van der Waals surface area (Å²) in [6.07, 6.45) is 3.44. The van der Waals surface area contributed by atoms with Gasteiger partial charge in [-0.05, 0) is 66.9 Å². The lowest BCUT2D eigenvalue weighted by atomic mass is 10.1. The molecule has 2 N–H and O–H groups in total. The van der Waals surface area contributed by atoms with Gasteiger partial charge in [0.15, 0.2) is 5.82 Å². The minimum Gasteiger partial charge on any atom is -0.435 e. The maximum atomic E-state index is 12.2. The molecule has 4 aromatic rings. The minimum atomic E-state index is -2.83. The fourth-order valence-electron chi connectivity index (χ4n) is 2.85. The number of nitrogens with zero attached hydrogens (tertiary/aromatic N) is 3. The zero-order valence-electron chi connectivity index (χ0n) is 14.8. The van der Waals surface area contributed by atoms with Crippen LogP contribution in [0.1, 0.15) is 11.3 Å². The van der Waals surface area contributed by atoms with E-state index in [-0.39, 0.29) is 5.75 Å². The van der Waals surface area contributed by atoms with Gasteiger partial charge in [0.1, 0.15) is 5.75 Å². The number of benzene rings is 2. The fraction of sp³-hybridized carbons (Fsp3) is 0.150. The van der Waals surface area contributed by atoms with Crippen molar-refractivity contribution < 1.29 is 13.5 Å². The molecule has 2 aromatic carbocycles. The molecular weight excluding hydrogens is 364 g/mol. The molecule has 0 aliphatic heterocycles. The molecule has 0 fully saturated rings. The van der Waals surface area contributed by atoms with Gasteiger partial charge in [0, 0.05) is 11.1 Å². The number of H-pyrrole nitrogens is 1. The van der Waals surface area contributed by atoms with Crippen molar-refractivity contribution >= 4 is 22.4 Å². The van der Waals surface area contributed by atoms with Crippen LogP contribution in [0.5, 0.6) is 5.75 Å². The Balaban J connectivity index is 1.34. The first-order valence-electron chi connectivity index (χ1n) is 8.72. The second-order valence-corrected chi connectivity index (χ2v) is 6.23. The summed E-state index contributed by atoms with van der Waals surface area (Å²) in [5.41, 5.74) is 3.83. The van der Waals surface area contributed by atoms with E-state index in [0.29, 0.717) is 11.5 Å². The summed E-state index contributed by atoms with van der Waals surface area (Å²) in [7, 11) is 0. The molecule has 0 amide bonds. The number of aromatic amines is 1. The molecule has 0 atom stereocenters. The van der Waals surface area contributed by atoms with Gasteiger partial charge in [0.25, 0.3) is 0 Å². The molecule has 28 heavy (non-hydrogen) atoms. The lowest BCUT2D eigenvalue weighted by molar-refractivity contribution is -0.0498. The Morgan fingerprint density at radius 1 is 0.964 bits per heavy atom. The Morgan fingerprint density at radius 3 is 2.57 bits per heavy atom. The molecule has 142 valence electrons. The van der Waals surface area contributed by atoms with Crippen LogP contribution in [0, 0.1) is 0 Å². The molecule has 0 bridgehead atoms. The van der Waals surface area contributed by atoms with E-state index in [1.165, 1.54) is 17.7 Å². The van der Waals surface area contributed by atoms with Crippen LogP contribution in [0.3, 0.4) is 0 Å². The van der Waals surface area contributed by atoms with E-state index in [0.717, 1.165) is 29.4 Å². The van der Waals surface area contributed by atoms with E-state index in [1.54, 1.807) is 12.1 Å². The van der Waals surface area contributed by atoms with Gasteiger partial charge in [0.2, 0.25) is 0 Å². The molecule has 2 aromatic heterocycles. The predicted octanol–water partition coefficient (Wildman–Crippen LogP) is 4.48. The third-order valence-corrected chi connectivity index (χ3v) is 4.25. The van der Waals surface area contributed by atoms with Gasteiger partial charge < -0.3 is 10.1 Å². The summed E-state index contributed by atoms with van der Waals surface area (Å²) in [5.74, 6) is 0.682. The first-order valence-corrected chi connectivity index (χ1v) is 8.72. The van der Waals surface area contributed by atoms with E-state index in [4.69, 9.17) is 0 Å². The van der Waals surface area contributed by atoms with Crippen LogP contribution in [0.4, 0.5) is 20.3 Å². The number of nitrogens with one attached hydrogen (secondary N) is 2. The van der Waals surface area contributed by atoms with Crippen molar-refractivity contribution in [3.63, 3.8) is 0 Å². The zero-order valence-corrected chi connectivity index (χ0v) is 14.8. The fourth-order valence-corrected chi connectivity index (χ4v) is 2.85. The number of rotatable bonds is 7. The Kier molecular flexibility index (Phi) is 5.09. The number of aromatic nitrogens is 4. The number of hydrogen-bond donors (Lipinski definition) is 2. The normalized spacial score (nSPS) is 11.1. The van der Waals surface area contributed by atoms with Crippen molar-refractivity contribution in [2.24, 2.45) is 0 Å². The van der Waals surface area contributed by atoms with Crippen LogP contribution in [-0.2, 0) is 12.8 Å². The van der Waals surface area contributed by atoms with Gasteiger partial charge in [-0.2, -0.15) is 19.0 Å². The third-order valence-electron chi connectivity index (χ3n) is 4.25. The highest BCUT2D eigenvalue weighted by atomic mass is 19.3. The maximum Gasteiger partial charge on any atom is 0.387 e. The molecule has 2 heterocycles. The van der Waals surface area contributed by atoms with Crippen molar-refractivity contribution in [2.45, 2.75) is 19.5 Å². The second kappa shape index (κ2) is 7.99. The van der Waals surface area contributed by atoms with Gasteiger partial charge in [-0.1, -0.05) is 6.07 Å². The summed E-state index contributed by atoms with van der Waals surface area (Å²) < 4.78 is 28.7. The Hall–Kier alpha value is -3.55. The maximum absolute atomic E-state index is 12.2. The van der Waals surface area contributed by atoms with Crippen LogP contribution >= 0.6 is 0 Å². The highest BCUT2D eigenvalue weighted by Gasteiger charge is 2.05. The summed E-state index contributed by atoms with van der Waals surface area (Å²) in [5, 5.41) is 19.5. The molecule has 0 aliphatic carbocycles. The summed E-state index contributed by atoms with van der Waals surface area (Å²) in [6, 6.07) is 16.2. The van der Waals surface area contributed by atoms with E-state index < -0.39 is 6.61 Å². The van der Waals surface area contributed by atoms with E-state index in [2.05, 4.69) is 42.6 Å². The predicted molar refractivity (Wildman–Crippen MR) is 102 cm³/mol. The topological polar surface area (TPSA) is 75.7 Å². The molecule has 0 spiro atoms. The van der Waals surface area contributed by atoms with Crippen LogP contribution in [0.25, 0.3) is 10.9 Å². The number of halogens is 2. The summed E-state index contributed by atoms with van der Waals surface area (Å²) in [4.78, 5) is 0. The lowest BCUT2D eigenvalue weighted by Gasteiger charge is -2.08. The van der Waals surface area contributed by atoms with Gasteiger partial charge in [-0.3, -0.25) is 5.10 Å². The molecule has 6 nitrogen and oxygen atoms in total. The zero-order chi connectivity index (χ0) is 19.3. The minimum absolute atomic E-state index is 0.107. The van der Waals surface area contributed by atoms with Crippen LogP contribution in [0.15, 0.2) is 60.8 Å². The average Bonchev–Trinajstić information content (AvgIpc) is 3.16. The lowest BCUT2D eigenvalue weighted by Crippen LogP contribution is -2.02. The molecule has 0 aliphatic rings. The Bertz CT molecular complexity index is 1050. The van der Waals surface area contributed by atoms with E-state index in [9.17, 15) is 8.78 Å². The molecule has 4 rings (SSSR count). The number of fused-ring (bicyclic) bond motifs is 1. The van der Waals surface area contributed by atoms with Crippen LogP contribution in [-0.4, -0.2) is 27.0 Å². The van der Waals surface area contributed by atoms with Crippen molar-refractivity contribution in [3.05, 3.63) is 72.1 Å². The smallest absolute Gasteiger partial charge is 0.387 e. The van der Waals surface area contributed by atoms with Gasteiger partial charge >= 0.3 is 6.61 Å². The monoisotopic (exact) mass is 381 g/mol. The molecule has 0 saturated carbocycles. The SMILES string of the molecule is FC(F)Oc1ccc(Nc2ccc(CCc3ccc4[nH]ncc4c3)nn2)cc1. The average molecular weight is 381 g/mol. The van der Waals surface area contributed by atoms with Crippen molar-refractivity contribution in [1.82, 2.24) is 20.4 Å². The van der Waals surface area contributed by atoms with Gasteiger partial charge in [-0.25, -0.2) is 0 Å². The van der Waals surface area contributed by atoms with Crippen molar-refractivity contribution in [2.75, 3.05) is 5.32 Å². The summed E-state index contributed by atoms with van der Waals surface area (Å²) >= 11 is 0. The van der Waals surface area contributed by atoms with E-state index >= 15 is 0 Å². The number of anilines is 2. The number of alkyl halides is 2. The van der Waals surface area contributed by atoms with Crippen LogP contribution in [0.2, 0.25) is 0 Å². The number of hydrogen-bond acceptors (Lipinski definition) is 5. The van der Waals surface area contributed by atoms with Crippen molar-refractivity contribution in [1.29, 1.82) is 0 Å². The van der Waals surface area contributed by atoms with E-state index in [1.807, 2.05) is 24.4 Å². The Labute approximate surface area is 159 Å². The molecule has 8 heteroatoms. The van der Waals surface area contributed by atoms with Gasteiger partial charge in [-0.15, -0.1) is 5.10 Å². The standard InChI is InChI=1S/C20H17F2N5O/c21-20(22)28-17-7-4-15(5-8-17)24-19-10-6-16(25-27-19)3-1-13-2-9-18-14(11-13)12-23-26-18/h2,4-12,20H,1,3H2,(H,23,26)(H,24,27). The molecular formula is C20H17F2N5O. The van der Waals surface area contributed by atoms with Gasteiger partial charge in [0.05, 0.1) is 17.4 Å². The second-order valence-electron chi connectivity index (χ2n) is 6.23. The number of aryl methyl sites for hydroxylation is 2. The first kappa shape index (κ1) is 17.8. The highest BCUT2D eigenvalue weighted by Crippen LogP contribution is 2.20. The van der Waals surface area contributed by atoms with Crippen molar-refractivity contribution in [3.8, 4) is 5.75 Å². The number of ether oxygens (including phenoxy) is 1.